The van der Waals surface area contributed by atoms with Crippen LogP contribution in [-0.4, -0.2) is 48.4 Å². The average molecular weight is 242 g/mol. The number of rotatable bonds is 1. The highest BCUT2D eigenvalue weighted by Gasteiger charge is 2.41. The van der Waals surface area contributed by atoms with Crippen LogP contribution in [0.1, 0.15) is 20.8 Å². The number of hydrogen-bond donors (Lipinski definition) is 1. The van der Waals surface area contributed by atoms with Crippen LogP contribution in [0.4, 0.5) is 9.59 Å². The number of amides is 2. The monoisotopic (exact) mass is 242 g/mol. The average Bonchev–Trinajstić information content (AvgIpc) is 2.45. The summed E-state index contributed by atoms with van der Waals surface area (Å²) in [7, 11) is 0. The Hall–Kier alpha value is -1.46. The molecule has 2 amide bonds. The van der Waals surface area contributed by atoms with Crippen molar-refractivity contribution in [1.29, 1.82) is 0 Å². The van der Waals surface area contributed by atoms with Gasteiger partial charge in [-0.05, 0) is 20.8 Å². The molecule has 6 nitrogen and oxygen atoms in total. The largest absolute Gasteiger partial charge is 0.444 e. The van der Waals surface area contributed by atoms with E-state index in [1.807, 2.05) is 20.8 Å². The molecule has 0 spiro atoms. The zero-order valence-electron chi connectivity index (χ0n) is 10.4. The van der Waals surface area contributed by atoms with Crippen molar-refractivity contribution in [1.82, 2.24) is 10.2 Å². The summed E-state index contributed by atoms with van der Waals surface area (Å²) < 4.78 is 10.3. The Kier molecular flexibility index (Phi) is 2.89. The van der Waals surface area contributed by atoms with Crippen molar-refractivity contribution in [2.75, 3.05) is 19.6 Å². The first-order valence-electron chi connectivity index (χ1n) is 5.77. The van der Waals surface area contributed by atoms with Gasteiger partial charge in [-0.2, -0.15) is 0 Å². The molecule has 0 aromatic heterocycles. The van der Waals surface area contributed by atoms with Gasteiger partial charge in [0.15, 0.2) is 0 Å². The second-order valence-electron chi connectivity index (χ2n) is 5.47. The van der Waals surface area contributed by atoms with Crippen LogP contribution in [0.15, 0.2) is 0 Å². The van der Waals surface area contributed by atoms with Gasteiger partial charge in [-0.3, -0.25) is 0 Å². The first-order valence-corrected chi connectivity index (χ1v) is 5.77. The van der Waals surface area contributed by atoms with Crippen molar-refractivity contribution < 1.29 is 19.1 Å². The van der Waals surface area contributed by atoms with Gasteiger partial charge < -0.3 is 19.7 Å². The molecule has 96 valence electrons. The van der Waals surface area contributed by atoms with E-state index in [2.05, 4.69) is 5.32 Å². The van der Waals surface area contributed by atoms with E-state index in [-0.39, 0.29) is 24.2 Å². The molecule has 2 aliphatic heterocycles. The van der Waals surface area contributed by atoms with Gasteiger partial charge >= 0.3 is 12.2 Å². The number of hydrogen-bond acceptors (Lipinski definition) is 4. The Morgan fingerprint density at radius 3 is 2.59 bits per heavy atom. The highest BCUT2D eigenvalue weighted by Crippen LogP contribution is 2.25. The summed E-state index contributed by atoms with van der Waals surface area (Å²) in [5, 5.41) is 2.61. The summed E-state index contributed by atoms with van der Waals surface area (Å²) in [4.78, 5) is 24.1. The van der Waals surface area contributed by atoms with Crippen LogP contribution in [0.3, 0.4) is 0 Å². The van der Waals surface area contributed by atoms with Gasteiger partial charge in [-0.25, -0.2) is 9.59 Å². The third-order valence-corrected chi connectivity index (χ3v) is 2.79. The van der Waals surface area contributed by atoms with Gasteiger partial charge in [0, 0.05) is 19.0 Å². The fourth-order valence-corrected chi connectivity index (χ4v) is 1.89. The van der Waals surface area contributed by atoms with Crippen molar-refractivity contribution in [3.8, 4) is 0 Å². The summed E-state index contributed by atoms with van der Waals surface area (Å²) in [5.74, 6) is 0.224. The standard InChI is InChI=1S/C11H18N2O4/c1-11(2,3)17-10(15)13-5-7(6-13)8-4-12-9(14)16-8/h7-8H,4-6H2,1-3H3,(H,12,14). The number of nitrogens with one attached hydrogen (secondary N) is 1. The molecule has 0 aromatic carbocycles. The molecule has 2 heterocycles. The predicted octanol–water partition coefficient (Wildman–Crippen LogP) is 0.962. The van der Waals surface area contributed by atoms with Gasteiger partial charge in [0.05, 0.1) is 6.54 Å². The fraction of sp³-hybridized carbons (Fsp3) is 0.818. The minimum atomic E-state index is -0.469. The first kappa shape index (κ1) is 12.0. The van der Waals surface area contributed by atoms with E-state index in [9.17, 15) is 9.59 Å². The van der Waals surface area contributed by atoms with E-state index in [0.717, 1.165) is 0 Å². The van der Waals surface area contributed by atoms with Crippen molar-refractivity contribution in [2.45, 2.75) is 32.5 Å². The van der Waals surface area contributed by atoms with Gasteiger partial charge in [0.1, 0.15) is 11.7 Å². The number of nitrogens with zero attached hydrogens (tertiary/aromatic N) is 1. The topological polar surface area (TPSA) is 67.9 Å². The summed E-state index contributed by atoms with van der Waals surface area (Å²) >= 11 is 0. The van der Waals surface area contributed by atoms with E-state index in [0.29, 0.717) is 19.6 Å². The van der Waals surface area contributed by atoms with Crippen LogP contribution in [0.5, 0.6) is 0 Å². The number of cyclic esters (lactones) is 1. The highest BCUT2D eigenvalue weighted by atomic mass is 16.6. The van der Waals surface area contributed by atoms with Crippen LogP contribution in [-0.2, 0) is 9.47 Å². The minimum absolute atomic E-state index is 0.110. The molecule has 2 aliphatic rings. The molecule has 2 saturated heterocycles. The van der Waals surface area contributed by atoms with Crippen molar-refractivity contribution >= 4 is 12.2 Å². The van der Waals surface area contributed by atoms with Gasteiger partial charge in [0.25, 0.3) is 0 Å². The lowest BCUT2D eigenvalue weighted by Crippen LogP contribution is -2.56. The first-order chi connectivity index (χ1) is 7.85. The SMILES string of the molecule is CC(C)(C)OC(=O)N1CC(C2CNC(=O)O2)C1. The zero-order valence-corrected chi connectivity index (χ0v) is 10.4. The Morgan fingerprint density at radius 1 is 1.47 bits per heavy atom. The molecule has 17 heavy (non-hydrogen) atoms. The molecule has 6 heteroatoms. The quantitative estimate of drug-likeness (QED) is 0.743. The van der Waals surface area contributed by atoms with E-state index < -0.39 is 5.60 Å². The van der Waals surface area contributed by atoms with Crippen molar-refractivity contribution in [2.24, 2.45) is 5.92 Å². The van der Waals surface area contributed by atoms with E-state index >= 15 is 0 Å². The molecule has 0 saturated carbocycles. The number of ether oxygens (including phenoxy) is 2. The zero-order chi connectivity index (χ0) is 12.6. The van der Waals surface area contributed by atoms with Crippen LogP contribution >= 0.6 is 0 Å². The molecule has 0 aliphatic carbocycles. The normalized spacial score (nSPS) is 25.0. The van der Waals surface area contributed by atoms with Gasteiger partial charge in [-0.1, -0.05) is 0 Å². The van der Waals surface area contributed by atoms with E-state index in [1.165, 1.54) is 0 Å². The van der Waals surface area contributed by atoms with Crippen LogP contribution < -0.4 is 5.32 Å². The van der Waals surface area contributed by atoms with E-state index in [1.54, 1.807) is 4.90 Å². The minimum Gasteiger partial charge on any atom is -0.444 e. The molecule has 2 fully saturated rings. The third kappa shape index (κ3) is 2.81. The van der Waals surface area contributed by atoms with Crippen molar-refractivity contribution in [3.63, 3.8) is 0 Å². The Balaban J connectivity index is 1.75. The number of alkyl carbamates (subject to hydrolysis) is 1. The second kappa shape index (κ2) is 4.09. The maximum atomic E-state index is 11.6. The lowest BCUT2D eigenvalue weighted by Gasteiger charge is -2.41. The van der Waals surface area contributed by atoms with E-state index in [4.69, 9.17) is 9.47 Å². The van der Waals surface area contributed by atoms with Gasteiger partial charge in [-0.15, -0.1) is 0 Å². The second-order valence-corrected chi connectivity index (χ2v) is 5.47. The number of carbonyl (C=O) groups is 2. The molecule has 1 N–H and O–H groups in total. The van der Waals surface area contributed by atoms with Crippen LogP contribution in [0.2, 0.25) is 0 Å². The number of carbonyl (C=O) groups excluding carboxylic acids is 2. The molecule has 0 bridgehead atoms. The maximum Gasteiger partial charge on any atom is 0.410 e. The molecule has 2 rings (SSSR count). The fourth-order valence-electron chi connectivity index (χ4n) is 1.89. The maximum absolute atomic E-state index is 11.6. The van der Waals surface area contributed by atoms with Crippen LogP contribution in [0.25, 0.3) is 0 Å². The highest BCUT2D eigenvalue weighted by molar-refractivity contribution is 5.70. The molecule has 1 atom stereocenters. The van der Waals surface area contributed by atoms with Crippen LogP contribution in [0, 0.1) is 5.92 Å². The Bertz CT molecular complexity index is 331. The predicted molar refractivity (Wildman–Crippen MR) is 59.6 cm³/mol. The summed E-state index contributed by atoms with van der Waals surface area (Å²) in [6.07, 6.45) is -0.780. The summed E-state index contributed by atoms with van der Waals surface area (Å²) in [6.45, 7) is 7.23. The Morgan fingerprint density at radius 2 is 2.12 bits per heavy atom. The molecule has 0 radical (unpaired) electrons. The van der Waals surface area contributed by atoms with Gasteiger partial charge in [0.2, 0.25) is 0 Å². The summed E-state index contributed by atoms with van der Waals surface area (Å²) in [5.41, 5.74) is -0.469. The molecular formula is C11H18N2O4. The lowest BCUT2D eigenvalue weighted by atomic mass is 9.94. The summed E-state index contributed by atoms with van der Waals surface area (Å²) in [6, 6.07) is 0. The lowest BCUT2D eigenvalue weighted by molar-refractivity contribution is -0.0240. The molecule has 1 unspecified atom stereocenters. The third-order valence-electron chi connectivity index (χ3n) is 2.79. The molecule has 0 aromatic rings. The smallest absolute Gasteiger partial charge is 0.410 e. The Labute approximate surface area is 100 Å². The van der Waals surface area contributed by atoms with Crippen molar-refractivity contribution in [3.05, 3.63) is 0 Å². The number of likely N-dealkylation sites (tertiary alicyclic amines) is 1. The molecular weight excluding hydrogens is 224 g/mol.